The van der Waals surface area contributed by atoms with Crippen LogP contribution in [0.2, 0.25) is 0 Å². The van der Waals surface area contributed by atoms with E-state index in [0.717, 1.165) is 41.1 Å². The van der Waals surface area contributed by atoms with Crippen LogP contribution in [0.15, 0.2) is 52.4 Å². The van der Waals surface area contributed by atoms with E-state index >= 15 is 0 Å². The third-order valence-corrected chi connectivity index (χ3v) is 6.06. The van der Waals surface area contributed by atoms with Crippen molar-refractivity contribution in [2.24, 2.45) is 7.05 Å². The van der Waals surface area contributed by atoms with E-state index in [4.69, 9.17) is 0 Å². The first kappa shape index (κ1) is 28.7. The van der Waals surface area contributed by atoms with E-state index in [1.165, 1.54) is 13.1 Å². The Morgan fingerprint density at radius 2 is 1.66 bits per heavy atom. The van der Waals surface area contributed by atoms with Crippen LogP contribution in [-0.4, -0.2) is 100 Å². The van der Waals surface area contributed by atoms with Gasteiger partial charge in [0, 0.05) is 23.9 Å². The molecule has 0 spiro atoms. The standard InChI is InChI=1S/C16H13N3O9S2.2Na.2H/c1-18-8-9(19(21)22)7-13(18)16(20)17-12-6-5-10-11(15(12)30(26,27)28)3-2-4-14(10)29(23,24)25;;;;/h2-8H,1H3,(H,17,20)(H,23,24,25)(H,26,27,28);;;;. The predicted octanol–water partition coefficient (Wildman–Crippen LogP) is 0.535. The summed E-state index contributed by atoms with van der Waals surface area (Å²) in [6, 6.07) is 6.49. The van der Waals surface area contributed by atoms with Gasteiger partial charge < -0.3 is 9.88 Å². The first-order valence-corrected chi connectivity index (χ1v) is 10.8. The van der Waals surface area contributed by atoms with Crippen LogP contribution >= 0.6 is 0 Å². The zero-order chi connectivity index (χ0) is 22.4. The zero-order valence-corrected chi connectivity index (χ0v) is 16.6. The van der Waals surface area contributed by atoms with Gasteiger partial charge >= 0.3 is 59.1 Å². The van der Waals surface area contributed by atoms with Gasteiger partial charge in [-0.2, -0.15) is 16.8 Å². The molecule has 162 valence electrons. The number of amides is 1. The SMILES string of the molecule is Cn1cc([N+](=O)[O-])cc1C(=O)Nc1ccc2c(S(=O)(=O)O)cccc2c1S(=O)(=O)O.[NaH].[NaH]. The molecule has 0 unspecified atom stereocenters. The number of aryl methyl sites for hydroxylation is 1. The molecule has 16 heteroatoms. The summed E-state index contributed by atoms with van der Waals surface area (Å²) in [5.41, 5.74) is -0.935. The van der Waals surface area contributed by atoms with Gasteiger partial charge in [-0.25, -0.2) is 0 Å². The Bertz CT molecular complexity index is 1430. The molecule has 0 atom stereocenters. The number of anilines is 1. The second-order valence-electron chi connectivity index (χ2n) is 6.15. The summed E-state index contributed by atoms with van der Waals surface area (Å²) < 4.78 is 67.3. The number of rotatable bonds is 5. The molecule has 3 rings (SSSR count). The molecular weight excluding hydrogens is 488 g/mol. The molecule has 1 aromatic heterocycles. The maximum absolute atomic E-state index is 12.5. The predicted molar refractivity (Wildman–Crippen MR) is 118 cm³/mol. The quantitative estimate of drug-likeness (QED) is 0.193. The Kier molecular flexibility index (Phi) is 9.23. The molecule has 3 aromatic rings. The normalized spacial score (nSPS) is 11.3. The number of nitro groups is 1. The molecule has 0 aliphatic rings. The van der Waals surface area contributed by atoms with Gasteiger partial charge in [0.15, 0.2) is 0 Å². The van der Waals surface area contributed by atoms with E-state index in [2.05, 4.69) is 5.32 Å². The maximum atomic E-state index is 12.5. The first-order valence-electron chi connectivity index (χ1n) is 7.93. The summed E-state index contributed by atoms with van der Waals surface area (Å²) in [5.74, 6) is -0.916. The molecule has 3 N–H and O–H groups in total. The number of carbonyl (C=O) groups excluding carboxylic acids is 1. The Labute approximate surface area is 226 Å². The summed E-state index contributed by atoms with van der Waals surface area (Å²) in [4.78, 5) is 21.3. The number of fused-ring (bicyclic) bond motifs is 1. The summed E-state index contributed by atoms with van der Waals surface area (Å²) in [7, 11) is -8.32. The minimum atomic E-state index is -4.97. The van der Waals surface area contributed by atoms with Crippen LogP contribution in [0, 0.1) is 10.1 Å². The fraction of sp³-hybridized carbons (Fsp3) is 0.0625. The van der Waals surface area contributed by atoms with Crippen molar-refractivity contribution in [3.63, 3.8) is 0 Å². The average molecular weight is 503 g/mol. The van der Waals surface area contributed by atoms with Gasteiger partial charge in [0.25, 0.3) is 31.8 Å². The van der Waals surface area contributed by atoms with Crippen molar-refractivity contribution in [3.8, 4) is 0 Å². The van der Waals surface area contributed by atoms with E-state index in [1.54, 1.807) is 0 Å². The average Bonchev–Trinajstić information content (AvgIpc) is 3.01. The molecule has 1 heterocycles. The van der Waals surface area contributed by atoms with Crippen LogP contribution in [0.3, 0.4) is 0 Å². The van der Waals surface area contributed by atoms with Crippen LogP contribution < -0.4 is 5.32 Å². The van der Waals surface area contributed by atoms with Crippen molar-refractivity contribution < 1.29 is 35.7 Å². The van der Waals surface area contributed by atoms with Crippen LogP contribution in [0.1, 0.15) is 10.5 Å². The van der Waals surface area contributed by atoms with E-state index < -0.39 is 46.5 Å². The van der Waals surface area contributed by atoms with Crippen molar-refractivity contribution >= 4 is 107 Å². The van der Waals surface area contributed by atoms with E-state index in [1.807, 2.05) is 0 Å². The van der Waals surface area contributed by atoms with E-state index in [0.29, 0.717) is 0 Å². The molecule has 0 saturated heterocycles. The molecule has 0 fully saturated rings. The van der Waals surface area contributed by atoms with Crippen LogP contribution in [-0.2, 0) is 27.3 Å². The molecule has 0 saturated carbocycles. The third kappa shape index (κ3) is 5.77. The number of carbonyl (C=O) groups is 1. The fourth-order valence-electron chi connectivity index (χ4n) is 2.96. The monoisotopic (exact) mass is 503 g/mol. The third-order valence-electron chi connectivity index (χ3n) is 4.19. The van der Waals surface area contributed by atoms with Crippen molar-refractivity contribution in [3.05, 3.63) is 58.4 Å². The second kappa shape index (κ2) is 10.3. The number of aromatic nitrogens is 1. The van der Waals surface area contributed by atoms with Gasteiger partial charge in [0.05, 0.1) is 16.8 Å². The van der Waals surface area contributed by atoms with Gasteiger partial charge in [-0.05, 0) is 12.1 Å². The van der Waals surface area contributed by atoms with Gasteiger partial charge in [0.2, 0.25) is 0 Å². The van der Waals surface area contributed by atoms with Gasteiger partial charge in [-0.3, -0.25) is 24.0 Å². The number of hydrogen-bond acceptors (Lipinski definition) is 7. The first-order chi connectivity index (χ1) is 13.8. The summed E-state index contributed by atoms with van der Waals surface area (Å²) in [6.45, 7) is 0. The molecule has 2 aromatic carbocycles. The van der Waals surface area contributed by atoms with Crippen LogP contribution in [0.25, 0.3) is 10.8 Å². The van der Waals surface area contributed by atoms with Crippen LogP contribution in [0.4, 0.5) is 11.4 Å². The molecule has 0 aliphatic heterocycles. The van der Waals surface area contributed by atoms with E-state index in [-0.39, 0.29) is 81.3 Å². The second-order valence-corrected chi connectivity index (χ2v) is 8.90. The van der Waals surface area contributed by atoms with E-state index in [9.17, 15) is 40.8 Å². The Hall–Kier alpha value is -1.33. The molecule has 1 amide bonds. The molecule has 0 bridgehead atoms. The summed E-state index contributed by atoms with van der Waals surface area (Å²) in [6.07, 6.45) is 1.08. The molecule has 32 heavy (non-hydrogen) atoms. The van der Waals surface area contributed by atoms with Crippen molar-refractivity contribution in [1.29, 1.82) is 0 Å². The van der Waals surface area contributed by atoms with Crippen molar-refractivity contribution in [2.75, 3.05) is 5.32 Å². The summed E-state index contributed by atoms with van der Waals surface area (Å²) in [5, 5.41) is 12.6. The Balaban J connectivity index is 0.00000256. The number of benzene rings is 2. The molecule has 0 radical (unpaired) electrons. The molecule has 0 aliphatic carbocycles. The van der Waals surface area contributed by atoms with Gasteiger partial charge in [0.1, 0.15) is 15.5 Å². The zero-order valence-electron chi connectivity index (χ0n) is 15.0. The fourth-order valence-corrected chi connectivity index (χ4v) is 4.52. The van der Waals surface area contributed by atoms with Gasteiger partial charge in [-0.15, -0.1) is 0 Å². The van der Waals surface area contributed by atoms with Crippen molar-refractivity contribution in [1.82, 2.24) is 4.57 Å². The number of nitrogens with zero attached hydrogens (tertiary/aromatic N) is 2. The van der Waals surface area contributed by atoms with Crippen LogP contribution in [0.5, 0.6) is 0 Å². The van der Waals surface area contributed by atoms with Crippen molar-refractivity contribution in [2.45, 2.75) is 9.79 Å². The topological polar surface area (TPSA) is 186 Å². The Morgan fingerprint density at radius 1 is 1.03 bits per heavy atom. The number of nitrogens with one attached hydrogen (secondary N) is 1. The Morgan fingerprint density at radius 3 is 2.16 bits per heavy atom. The summed E-state index contributed by atoms with van der Waals surface area (Å²) >= 11 is 0. The molecule has 12 nitrogen and oxygen atoms in total. The number of hydrogen-bond donors (Lipinski definition) is 3. The molecular formula is C16H15N3Na2O9S2. The minimum absolute atomic E-state index is 0. The van der Waals surface area contributed by atoms with Gasteiger partial charge in [-0.1, -0.05) is 18.2 Å².